The molecule has 1 heterocycles. The van der Waals surface area contributed by atoms with Crippen LogP contribution >= 0.6 is 0 Å². The van der Waals surface area contributed by atoms with E-state index in [0.29, 0.717) is 6.42 Å². The lowest BCUT2D eigenvalue weighted by atomic mass is 10.1. The van der Waals surface area contributed by atoms with Crippen LogP contribution < -0.4 is 14.9 Å². The van der Waals surface area contributed by atoms with Crippen LogP contribution in [0.25, 0.3) is 0 Å². The molecular formula is C23H24F3N3O4S. The van der Waals surface area contributed by atoms with E-state index in [1.807, 2.05) is 6.92 Å². The van der Waals surface area contributed by atoms with E-state index in [1.54, 1.807) is 11.0 Å². The van der Waals surface area contributed by atoms with Crippen LogP contribution in [-0.4, -0.2) is 32.8 Å². The SMILES string of the molecule is C[C@H]1Cc2cc(S(=O)(=O)NCCC(=O)Nc3cccc(C(F)(F)F)c3)ccc2N1C(=O)C1CC1. The van der Waals surface area contributed by atoms with Crippen LogP contribution in [-0.2, 0) is 32.2 Å². The lowest BCUT2D eigenvalue weighted by molar-refractivity contribution is -0.137. The molecule has 2 N–H and O–H groups in total. The van der Waals surface area contributed by atoms with E-state index < -0.39 is 27.7 Å². The van der Waals surface area contributed by atoms with E-state index in [4.69, 9.17) is 0 Å². The molecule has 2 aromatic rings. The summed E-state index contributed by atoms with van der Waals surface area (Å²) in [6.07, 6.45) is -2.48. The zero-order chi connectivity index (χ0) is 24.7. The van der Waals surface area contributed by atoms with Gasteiger partial charge in [0.05, 0.1) is 10.5 Å². The molecule has 0 aromatic heterocycles. The summed E-state index contributed by atoms with van der Waals surface area (Å²) in [5.74, 6) is -0.494. The number of hydrogen-bond acceptors (Lipinski definition) is 4. The number of carbonyl (C=O) groups excluding carboxylic acids is 2. The van der Waals surface area contributed by atoms with E-state index >= 15 is 0 Å². The smallest absolute Gasteiger partial charge is 0.326 e. The normalized spacial score (nSPS) is 18.0. The number of benzene rings is 2. The number of hydrogen-bond donors (Lipinski definition) is 2. The van der Waals surface area contributed by atoms with Crippen LogP contribution in [0.3, 0.4) is 0 Å². The Hall–Kier alpha value is -2.92. The summed E-state index contributed by atoms with van der Waals surface area (Å²) >= 11 is 0. The van der Waals surface area contributed by atoms with Gasteiger partial charge in [-0.1, -0.05) is 6.07 Å². The first kappa shape index (κ1) is 24.2. The molecule has 2 aromatic carbocycles. The lowest BCUT2D eigenvalue weighted by Crippen LogP contribution is -2.36. The largest absolute Gasteiger partial charge is 0.416 e. The van der Waals surface area contributed by atoms with E-state index in [2.05, 4.69) is 10.0 Å². The van der Waals surface area contributed by atoms with Crippen molar-refractivity contribution in [3.05, 3.63) is 53.6 Å². The van der Waals surface area contributed by atoms with Crippen LogP contribution in [0.5, 0.6) is 0 Å². The van der Waals surface area contributed by atoms with Gasteiger partial charge in [-0.05, 0) is 68.1 Å². The van der Waals surface area contributed by atoms with E-state index in [1.165, 1.54) is 24.3 Å². The monoisotopic (exact) mass is 495 g/mol. The Morgan fingerprint density at radius 2 is 1.85 bits per heavy atom. The minimum absolute atomic E-state index is 0.0254. The fraction of sp³-hybridized carbons (Fsp3) is 0.391. The van der Waals surface area contributed by atoms with E-state index in [9.17, 15) is 31.2 Å². The molecule has 1 fully saturated rings. The zero-order valence-corrected chi connectivity index (χ0v) is 19.2. The van der Waals surface area contributed by atoms with Gasteiger partial charge in [0.15, 0.2) is 0 Å². The number of nitrogens with one attached hydrogen (secondary N) is 2. The number of rotatable bonds is 7. The van der Waals surface area contributed by atoms with E-state index in [-0.39, 0.29) is 41.4 Å². The van der Waals surface area contributed by atoms with Crippen LogP contribution in [0.4, 0.5) is 24.5 Å². The molecule has 1 atom stereocenters. The summed E-state index contributed by atoms with van der Waals surface area (Å²) in [6.45, 7) is 1.70. The highest BCUT2D eigenvalue weighted by molar-refractivity contribution is 7.89. The maximum atomic E-state index is 12.8. The van der Waals surface area contributed by atoms with Crippen LogP contribution in [0.1, 0.15) is 37.3 Å². The predicted molar refractivity (Wildman–Crippen MR) is 120 cm³/mol. The first-order chi connectivity index (χ1) is 16.0. The molecule has 2 aliphatic rings. The highest BCUT2D eigenvalue weighted by atomic mass is 32.2. The number of alkyl halides is 3. The fourth-order valence-electron chi connectivity index (χ4n) is 4.02. The number of nitrogens with zero attached hydrogens (tertiary/aromatic N) is 1. The van der Waals surface area contributed by atoms with Crippen molar-refractivity contribution in [2.75, 3.05) is 16.8 Å². The van der Waals surface area contributed by atoms with Gasteiger partial charge in [0.25, 0.3) is 0 Å². The molecule has 4 rings (SSSR count). The van der Waals surface area contributed by atoms with Gasteiger partial charge in [0.1, 0.15) is 0 Å². The highest BCUT2D eigenvalue weighted by Gasteiger charge is 2.39. The molecule has 0 saturated heterocycles. The third-order valence-corrected chi connectivity index (χ3v) is 7.32. The van der Waals surface area contributed by atoms with Gasteiger partial charge >= 0.3 is 6.18 Å². The van der Waals surface area contributed by atoms with Gasteiger partial charge in [-0.25, -0.2) is 13.1 Å². The quantitative estimate of drug-likeness (QED) is 0.612. The number of carbonyl (C=O) groups is 2. The molecule has 0 radical (unpaired) electrons. The van der Waals surface area contributed by atoms with Gasteiger partial charge in [0.2, 0.25) is 21.8 Å². The molecular weight excluding hydrogens is 471 g/mol. The zero-order valence-electron chi connectivity index (χ0n) is 18.4. The number of halogens is 3. The number of fused-ring (bicyclic) bond motifs is 1. The molecule has 0 unspecified atom stereocenters. The van der Waals surface area contributed by atoms with E-state index in [0.717, 1.165) is 36.2 Å². The number of sulfonamides is 1. The molecule has 2 amide bonds. The topological polar surface area (TPSA) is 95.6 Å². The molecule has 1 aliphatic heterocycles. The summed E-state index contributed by atoms with van der Waals surface area (Å²) < 4.78 is 66.1. The fourth-order valence-corrected chi connectivity index (χ4v) is 5.10. The summed E-state index contributed by atoms with van der Waals surface area (Å²) in [6, 6.07) is 8.75. The second-order valence-electron chi connectivity index (χ2n) is 8.60. The Labute approximate surface area is 195 Å². The minimum Gasteiger partial charge on any atom is -0.326 e. The van der Waals surface area contributed by atoms with Crippen LogP contribution in [0.2, 0.25) is 0 Å². The second kappa shape index (κ2) is 9.03. The maximum Gasteiger partial charge on any atom is 0.416 e. The Bertz CT molecular complexity index is 1230. The van der Waals surface area contributed by atoms with Gasteiger partial charge in [-0.15, -0.1) is 0 Å². The molecule has 11 heteroatoms. The lowest BCUT2D eigenvalue weighted by Gasteiger charge is -2.22. The molecule has 7 nitrogen and oxygen atoms in total. The van der Waals surface area contributed by atoms with Crippen LogP contribution in [0, 0.1) is 5.92 Å². The van der Waals surface area contributed by atoms with Crippen molar-refractivity contribution in [2.45, 2.75) is 49.7 Å². The third kappa shape index (κ3) is 5.25. The first-order valence-corrected chi connectivity index (χ1v) is 12.4. The molecule has 1 aliphatic carbocycles. The van der Waals surface area contributed by atoms with Crippen LogP contribution in [0.15, 0.2) is 47.4 Å². The molecule has 0 spiro atoms. The predicted octanol–water partition coefficient (Wildman–Crippen LogP) is 3.70. The number of amides is 2. The van der Waals surface area contributed by atoms with Gasteiger partial charge in [0, 0.05) is 36.3 Å². The summed E-state index contributed by atoms with van der Waals surface area (Å²) in [5.41, 5.74) is 0.575. The Morgan fingerprint density at radius 1 is 1.12 bits per heavy atom. The highest BCUT2D eigenvalue weighted by Crippen LogP contribution is 2.39. The molecule has 0 bridgehead atoms. The molecule has 34 heavy (non-hydrogen) atoms. The van der Waals surface area contributed by atoms with Crippen molar-refractivity contribution in [3.8, 4) is 0 Å². The third-order valence-electron chi connectivity index (χ3n) is 5.86. The Kier molecular flexibility index (Phi) is 6.43. The van der Waals surface area contributed by atoms with Crippen molar-refractivity contribution in [1.82, 2.24) is 4.72 Å². The van der Waals surface area contributed by atoms with Gasteiger partial charge in [-0.3, -0.25) is 9.59 Å². The second-order valence-corrected chi connectivity index (χ2v) is 10.4. The summed E-state index contributed by atoms with van der Waals surface area (Å²) in [4.78, 5) is 26.4. The average Bonchev–Trinajstić information content (AvgIpc) is 3.54. The maximum absolute atomic E-state index is 12.8. The summed E-state index contributed by atoms with van der Waals surface area (Å²) in [5, 5.41) is 2.34. The number of anilines is 2. The van der Waals surface area contributed by atoms with Gasteiger partial charge < -0.3 is 10.2 Å². The Morgan fingerprint density at radius 3 is 2.53 bits per heavy atom. The van der Waals surface area contributed by atoms with Crippen molar-refractivity contribution < 1.29 is 31.2 Å². The Balaban J connectivity index is 1.35. The van der Waals surface area contributed by atoms with Crippen molar-refractivity contribution in [2.24, 2.45) is 5.92 Å². The van der Waals surface area contributed by atoms with Crippen molar-refractivity contribution >= 4 is 33.2 Å². The van der Waals surface area contributed by atoms with Gasteiger partial charge in [-0.2, -0.15) is 13.2 Å². The average molecular weight is 496 g/mol. The minimum atomic E-state index is -4.54. The standard InChI is InChI=1S/C23H24F3N3O4S/c1-14-11-16-12-19(7-8-20(16)29(14)22(31)15-5-6-15)34(32,33)27-10-9-21(30)28-18-4-2-3-17(13-18)23(24,25)26/h2-4,7-8,12-15,27H,5-6,9-11H2,1H3,(H,28,30)/t14-/m0/s1. The van der Waals surface area contributed by atoms with Crippen molar-refractivity contribution in [1.29, 1.82) is 0 Å². The molecule has 182 valence electrons. The molecule has 1 saturated carbocycles. The van der Waals surface area contributed by atoms with Crippen molar-refractivity contribution in [3.63, 3.8) is 0 Å². The summed E-state index contributed by atoms with van der Waals surface area (Å²) in [7, 11) is -3.92. The first-order valence-electron chi connectivity index (χ1n) is 10.9.